The highest BCUT2D eigenvalue weighted by Gasteiger charge is 2.06. The van der Waals surface area contributed by atoms with Crippen molar-refractivity contribution in [2.24, 2.45) is 0 Å². The van der Waals surface area contributed by atoms with Crippen LogP contribution in [0.1, 0.15) is 10.4 Å². The lowest BCUT2D eigenvalue weighted by atomic mass is 10.2. The van der Waals surface area contributed by atoms with Crippen LogP contribution in [0.4, 0.5) is 10.5 Å². The molecule has 0 spiro atoms. The lowest BCUT2D eigenvalue weighted by Gasteiger charge is -2.06. The van der Waals surface area contributed by atoms with E-state index in [1.807, 2.05) is 0 Å². The maximum absolute atomic E-state index is 11.1. The molecular weight excluding hydrogens is 226 g/mol. The first-order valence-electron chi connectivity index (χ1n) is 4.90. The highest BCUT2D eigenvalue weighted by atomic mass is 16.6. The van der Waals surface area contributed by atoms with Gasteiger partial charge in [0.15, 0.2) is 0 Å². The molecule has 1 rings (SSSR count). The van der Waals surface area contributed by atoms with Crippen molar-refractivity contribution in [2.75, 3.05) is 25.6 Å². The van der Waals surface area contributed by atoms with E-state index < -0.39 is 12.1 Å². The van der Waals surface area contributed by atoms with Crippen molar-refractivity contribution in [3.05, 3.63) is 29.8 Å². The molecule has 6 nitrogen and oxygen atoms in total. The molecule has 0 aliphatic carbocycles. The molecule has 0 saturated carbocycles. The normalized spacial score (nSPS) is 9.53. The van der Waals surface area contributed by atoms with Gasteiger partial charge in [-0.25, -0.2) is 9.59 Å². The van der Waals surface area contributed by atoms with E-state index in [1.54, 1.807) is 12.1 Å². The molecule has 0 radical (unpaired) electrons. The van der Waals surface area contributed by atoms with Crippen LogP contribution in [0.2, 0.25) is 0 Å². The Morgan fingerprint density at radius 1 is 1.29 bits per heavy atom. The van der Waals surface area contributed by atoms with Crippen molar-refractivity contribution in [3.63, 3.8) is 0 Å². The number of hydrogen-bond acceptors (Lipinski definition) is 5. The number of rotatable bonds is 4. The topological polar surface area (TPSA) is 84.9 Å². The first kappa shape index (κ1) is 13.0. The Morgan fingerprint density at radius 3 is 2.47 bits per heavy atom. The standard InChI is InChI=1S/C11H13NO5/c1-16-10(14)8-2-4-9(5-3-8)12-11(15)17-7-6-13/h2-5,13H,6-7H2,1H3,(H,12,15). The monoisotopic (exact) mass is 239 g/mol. The molecule has 0 fully saturated rings. The van der Waals surface area contributed by atoms with Crippen LogP contribution in [0, 0.1) is 0 Å². The number of benzene rings is 1. The zero-order chi connectivity index (χ0) is 12.7. The van der Waals surface area contributed by atoms with Crippen LogP contribution in [-0.2, 0) is 9.47 Å². The summed E-state index contributed by atoms with van der Waals surface area (Å²) in [6.07, 6.45) is -0.662. The first-order valence-corrected chi connectivity index (χ1v) is 4.90. The minimum atomic E-state index is -0.662. The van der Waals surface area contributed by atoms with Gasteiger partial charge in [0, 0.05) is 5.69 Å². The molecule has 2 N–H and O–H groups in total. The molecule has 0 atom stereocenters. The third-order valence-corrected chi connectivity index (χ3v) is 1.88. The Balaban J connectivity index is 2.56. The van der Waals surface area contributed by atoms with Crippen LogP contribution in [-0.4, -0.2) is 37.5 Å². The Morgan fingerprint density at radius 2 is 1.94 bits per heavy atom. The Labute approximate surface area is 98.2 Å². The van der Waals surface area contributed by atoms with Crippen molar-refractivity contribution < 1.29 is 24.2 Å². The maximum Gasteiger partial charge on any atom is 0.411 e. The maximum atomic E-state index is 11.1. The average molecular weight is 239 g/mol. The second-order valence-corrected chi connectivity index (χ2v) is 3.05. The first-order chi connectivity index (χ1) is 8.17. The number of aliphatic hydroxyl groups is 1. The summed E-state index contributed by atoms with van der Waals surface area (Å²) in [6, 6.07) is 6.14. The summed E-state index contributed by atoms with van der Waals surface area (Å²) < 4.78 is 9.13. The van der Waals surface area contributed by atoms with Gasteiger partial charge >= 0.3 is 12.1 Å². The van der Waals surface area contributed by atoms with Gasteiger partial charge in [0.25, 0.3) is 0 Å². The number of carbonyl (C=O) groups excluding carboxylic acids is 2. The van der Waals surface area contributed by atoms with Gasteiger partial charge in [-0.05, 0) is 24.3 Å². The van der Waals surface area contributed by atoms with Crippen molar-refractivity contribution in [1.29, 1.82) is 0 Å². The highest BCUT2D eigenvalue weighted by Crippen LogP contribution is 2.10. The lowest BCUT2D eigenvalue weighted by Crippen LogP contribution is -2.15. The van der Waals surface area contributed by atoms with Gasteiger partial charge in [-0.2, -0.15) is 0 Å². The van der Waals surface area contributed by atoms with Gasteiger partial charge < -0.3 is 14.6 Å². The third-order valence-electron chi connectivity index (χ3n) is 1.88. The van der Waals surface area contributed by atoms with Crippen LogP contribution < -0.4 is 5.32 Å². The molecule has 1 aromatic rings. The van der Waals surface area contributed by atoms with Crippen molar-refractivity contribution in [2.45, 2.75) is 0 Å². The van der Waals surface area contributed by atoms with E-state index in [0.717, 1.165) is 0 Å². The number of aliphatic hydroxyl groups excluding tert-OH is 1. The number of amides is 1. The Kier molecular flexibility index (Phi) is 4.96. The molecule has 92 valence electrons. The predicted octanol–water partition coefficient (Wildman–Crippen LogP) is 1.01. The van der Waals surface area contributed by atoms with E-state index in [0.29, 0.717) is 11.3 Å². The molecule has 1 amide bonds. The fourth-order valence-corrected chi connectivity index (χ4v) is 1.10. The molecule has 1 aromatic carbocycles. The van der Waals surface area contributed by atoms with Gasteiger partial charge in [-0.1, -0.05) is 0 Å². The average Bonchev–Trinajstić information content (AvgIpc) is 2.36. The quantitative estimate of drug-likeness (QED) is 0.766. The van der Waals surface area contributed by atoms with Gasteiger partial charge in [0.2, 0.25) is 0 Å². The number of ether oxygens (including phenoxy) is 2. The van der Waals surface area contributed by atoms with Crippen LogP contribution in [0.3, 0.4) is 0 Å². The van der Waals surface area contributed by atoms with Crippen molar-refractivity contribution in [1.82, 2.24) is 0 Å². The molecule has 0 saturated heterocycles. The zero-order valence-electron chi connectivity index (χ0n) is 9.30. The summed E-state index contributed by atoms with van der Waals surface area (Å²) in [4.78, 5) is 22.2. The molecule has 0 heterocycles. The number of nitrogens with one attached hydrogen (secondary N) is 1. The predicted molar refractivity (Wildman–Crippen MR) is 59.8 cm³/mol. The van der Waals surface area contributed by atoms with Crippen molar-refractivity contribution >= 4 is 17.7 Å². The SMILES string of the molecule is COC(=O)c1ccc(NC(=O)OCCO)cc1. The van der Waals surface area contributed by atoms with E-state index in [-0.39, 0.29) is 13.2 Å². The largest absolute Gasteiger partial charge is 0.465 e. The number of carbonyl (C=O) groups is 2. The summed E-state index contributed by atoms with van der Waals surface area (Å²) in [7, 11) is 1.29. The van der Waals surface area contributed by atoms with E-state index in [4.69, 9.17) is 5.11 Å². The van der Waals surface area contributed by atoms with Gasteiger partial charge in [-0.15, -0.1) is 0 Å². The molecule has 0 aliphatic heterocycles. The summed E-state index contributed by atoms with van der Waals surface area (Å²) in [5, 5.41) is 10.9. The van der Waals surface area contributed by atoms with Crippen molar-refractivity contribution in [3.8, 4) is 0 Å². The summed E-state index contributed by atoms with van der Waals surface area (Å²) >= 11 is 0. The van der Waals surface area contributed by atoms with Crippen LogP contribution >= 0.6 is 0 Å². The van der Waals surface area contributed by atoms with Crippen LogP contribution in [0.25, 0.3) is 0 Å². The van der Waals surface area contributed by atoms with E-state index in [1.165, 1.54) is 19.2 Å². The second kappa shape index (κ2) is 6.49. The highest BCUT2D eigenvalue weighted by molar-refractivity contribution is 5.90. The van der Waals surface area contributed by atoms with E-state index >= 15 is 0 Å². The van der Waals surface area contributed by atoms with Gasteiger partial charge in [0.05, 0.1) is 19.3 Å². The molecule has 6 heteroatoms. The number of methoxy groups -OCH3 is 1. The minimum Gasteiger partial charge on any atom is -0.465 e. The van der Waals surface area contributed by atoms with Gasteiger partial charge in [0.1, 0.15) is 6.61 Å². The smallest absolute Gasteiger partial charge is 0.411 e. The minimum absolute atomic E-state index is 0.0634. The van der Waals surface area contributed by atoms with Crippen LogP contribution in [0.5, 0.6) is 0 Å². The Bertz CT molecular complexity index is 387. The summed E-state index contributed by atoms with van der Waals surface area (Å²) in [5.74, 6) is -0.445. The molecular formula is C11H13NO5. The van der Waals surface area contributed by atoms with E-state index in [9.17, 15) is 9.59 Å². The lowest BCUT2D eigenvalue weighted by molar-refractivity contribution is 0.0600. The second-order valence-electron chi connectivity index (χ2n) is 3.05. The molecule has 0 bridgehead atoms. The number of esters is 1. The molecule has 0 aliphatic rings. The number of anilines is 1. The fourth-order valence-electron chi connectivity index (χ4n) is 1.10. The molecule has 0 unspecified atom stereocenters. The zero-order valence-corrected chi connectivity index (χ0v) is 9.30. The van der Waals surface area contributed by atoms with Crippen LogP contribution in [0.15, 0.2) is 24.3 Å². The summed E-state index contributed by atoms with van der Waals surface area (Å²) in [5.41, 5.74) is 0.877. The Hall–Kier alpha value is -2.08. The number of hydrogen-bond donors (Lipinski definition) is 2. The molecule has 17 heavy (non-hydrogen) atoms. The fraction of sp³-hybridized carbons (Fsp3) is 0.273. The van der Waals surface area contributed by atoms with Gasteiger partial charge in [-0.3, -0.25) is 5.32 Å². The third kappa shape index (κ3) is 4.12. The van der Waals surface area contributed by atoms with E-state index in [2.05, 4.69) is 14.8 Å². The summed E-state index contributed by atoms with van der Waals surface area (Å²) in [6.45, 7) is -0.291. The molecule has 0 aromatic heterocycles.